The molecule has 0 spiro atoms. The van der Waals surface area contributed by atoms with Crippen molar-refractivity contribution in [3.05, 3.63) is 59.1 Å². The standard InChI is InChI=1S/C16H15ClN2O/c1-2-20-16-10-6-3-7-12(16)15(11-18)19-14-9-5-4-8-13(14)17/h3-10,15,19H,2H2,1H3. The molecule has 0 fully saturated rings. The summed E-state index contributed by atoms with van der Waals surface area (Å²) in [5, 5.41) is 13.1. The van der Waals surface area contributed by atoms with Gasteiger partial charge in [0.05, 0.1) is 23.4 Å². The maximum atomic E-state index is 9.41. The smallest absolute Gasteiger partial charge is 0.143 e. The minimum Gasteiger partial charge on any atom is -0.493 e. The molecule has 3 nitrogen and oxygen atoms in total. The van der Waals surface area contributed by atoms with Crippen molar-refractivity contribution in [2.45, 2.75) is 13.0 Å². The Labute approximate surface area is 123 Å². The number of halogens is 1. The van der Waals surface area contributed by atoms with Crippen LogP contribution in [0.1, 0.15) is 18.5 Å². The highest BCUT2D eigenvalue weighted by Gasteiger charge is 2.16. The van der Waals surface area contributed by atoms with E-state index in [1.54, 1.807) is 6.07 Å². The second kappa shape index (κ2) is 6.83. The van der Waals surface area contributed by atoms with Crippen molar-refractivity contribution in [3.63, 3.8) is 0 Å². The highest BCUT2D eigenvalue weighted by molar-refractivity contribution is 6.33. The second-order valence-corrected chi connectivity index (χ2v) is 4.56. The van der Waals surface area contributed by atoms with Crippen LogP contribution in [-0.2, 0) is 0 Å². The Morgan fingerprint density at radius 1 is 1.20 bits per heavy atom. The normalized spacial score (nSPS) is 11.4. The number of para-hydroxylation sites is 2. The van der Waals surface area contributed by atoms with Crippen LogP contribution < -0.4 is 10.1 Å². The van der Waals surface area contributed by atoms with Crippen molar-refractivity contribution in [3.8, 4) is 11.8 Å². The SMILES string of the molecule is CCOc1ccccc1C(C#N)Nc1ccccc1Cl. The van der Waals surface area contributed by atoms with Crippen molar-refractivity contribution in [2.75, 3.05) is 11.9 Å². The third-order valence-corrected chi connectivity index (χ3v) is 3.16. The Bertz CT molecular complexity index is 622. The molecule has 2 aromatic rings. The van der Waals surface area contributed by atoms with E-state index in [2.05, 4.69) is 11.4 Å². The first-order valence-electron chi connectivity index (χ1n) is 6.38. The first-order valence-corrected chi connectivity index (χ1v) is 6.76. The van der Waals surface area contributed by atoms with Gasteiger partial charge >= 0.3 is 0 Å². The molecule has 0 amide bonds. The Morgan fingerprint density at radius 2 is 1.90 bits per heavy atom. The monoisotopic (exact) mass is 286 g/mol. The van der Waals surface area contributed by atoms with Gasteiger partial charge in [-0.25, -0.2) is 0 Å². The van der Waals surface area contributed by atoms with E-state index < -0.39 is 6.04 Å². The van der Waals surface area contributed by atoms with Crippen molar-refractivity contribution >= 4 is 17.3 Å². The predicted octanol–water partition coefficient (Wildman–Crippen LogP) is 4.42. The third-order valence-electron chi connectivity index (χ3n) is 2.83. The lowest BCUT2D eigenvalue weighted by Gasteiger charge is -2.17. The number of nitrogens with zero attached hydrogens (tertiary/aromatic N) is 1. The minimum atomic E-state index is -0.516. The van der Waals surface area contributed by atoms with Crippen LogP contribution in [0.15, 0.2) is 48.5 Å². The molecule has 102 valence electrons. The number of hydrogen-bond acceptors (Lipinski definition) is 3. The van der Waals surface area contributed by atoms with Gasteiger partial charge in [-0.2, -0.15) is 5.26 Å². The molecule has 4 heteroatoms. The molecule has 0 bridgehead atoms. The van der Waals surface area contributed by atoms with Crippen LogP contribution in [0.3, 0.4) is 0 Å². The Balaban J connectivity index is 2.30. The zero-order valence-electron chi connectivity index (χ0n) is 11.1. The molecule has 20 heavy (non-hydrogen) atoms. The van der Waals surface area contributed by atoms with Gasteiger partial charge in [0.2, 0.25) is 0 Å². The second-order valence-electron chi connectivity index (χ2n) is 4.16. The van der Waals surface area contributed by atoms with Gasteiger partial charge in [-0.1, -0.05) is 41.9 Å². The van der Waals surface area contributed by atoms with Gasteiger partial charge < -0.3 is 10.1 Å². The van der Waals surface area contributed by atoms with Crippen LogP contribution in [0.4, 0.5) is 5.69 Å². The summed E-state index contributed by atoms with van der Waals surface area (Å²) in [6, 6.07) is 16.6. The van der Waals surface area contributed by atoms with Crippen LogP contribution in [0.5, 0.6) is 5.75 Å². The van der Waals surface area contributed by atoms with Gasteiger partial charge in [0.1, 0.15) is 11.8 Å². The van der Waals surface area contributed by atoms with Crippen LogP contribution in [-0.4, -0.2) is 6.61 Å². The van der Waals surface area contributed by atoms with Crippen LogP contribution >= 0.6 is 11.6 Å². The summed E-state index contributed by atoms with van der Waals surface area (Å²) < 4.78 is 5.56. The van der Waals surface area contributed by atoms with E-state index in [1.807, 2.05) is 49.4 Å². The molecule has 1 atom stereocenters. The molecule has 2 rings (SSSR count). The number of anilines is 1. The topological polar surface area (TPSA) is 45.0 Å². The zero-order valence-corrected chi connectivity index (χ0v) is 11.9. The van der Waals surface area contributed by atoms with E-state index in [0.717, 1.165) is 11.3 Å². The van der Waals surface area contributed by atoms with Crippen LogP contribution in [0.2, 0.25) is 5.02 Å². The number of nitrogens with one attached hydrogen (secondary N) is 1. The molecule has 0 aromatic heterocycles. The summed E-state index contributed by atoms with van der Waals surface area (Å²) in [6.45, 7) is 2.47. The Morgan fingerprint density at radius 3 is 2.60 bits per heavy atom. The molecule has 0 heterocycles. The summed E-state index contributed by atoms with van der Waals surface area (Å²) in [5.41, 5.74) is 1.53. The van der Waals surface area contributed by atoms with Gasteiger partial charge in [0.15, 0.2) is 0 Å². The van der Waals surface area contributed by atoms with Gasteiger partial charge in [-0.3, -0.25) is 0 Å². The summed E-state index contributed by atoms with van der Waals surface area (Å²) in [7, 11) is 0. The van der Waals surface area contributed by atoms with Gasteiger partial charge in [0, 0.05) is 5.56 Å². The zero-order chi connectivity index (χ0) is 14.4. The minimum absolute atomic E-state index is 0.516. The number of nitriles is 1. The van der Waals surface area contributed by atoms with Crippen molar-refractivity contribution in [1.29, 1.82) is 5.26 Å². The quantitative estimate of drug-likeness (QED) is 0.885. The van der Waals surface area contributed by atoms with Gasteiger partial charge in [0.25, 0.3) is 0 Å². The van der Waals surface area contributed by atoms with E-state index in [-0.39, 0.29) is 0 Å². The fourth-order valence-corrected chi connectivity index (χ4v) is 2.11. The number of hydrogen-bond donors (Lipinski definition) is 1. The summed E-state index contributed by atoms with van der Waals surface area (Å²) in [5.74, 6) is 0.709. The number of rotatable bonds is 5. The van der Waals surface area contributed by atoms with Gasteiger partial charge in [-0.05, 0) is 25.1 Å². The molecule has 0 aliphatic rings. The van der Waals surface area contributed by atoms with Crippen molar-refractivity contribution < 1.29 is 4.74 Å². The highest BCUT2D eigenvalue weighted by atomic mass is 35.5. The first-order chi connectivity index (χ1) is 9.76. The molecular weight excluding hydrogens is 272 g/mol. The van der Waals surface area contributed by atoms with Gasteiger partial charge in [-0.15, -0.1) is 0 Å². The average Bonchev–Trinajstić information content (AvgIpc) is 2.48. The lowest BCUT2D eigenvalue weighted by molar-refractivity contribution is 0.336. The molecule has 0 saturated carbocycles. The lowest BCUT2D eigenvalue weighted by atomic mass is 10.1. The predicted molar refractivity (Wildman–Crippen MR) is 81.0 cm³/mol. The van der Waals surface area contributed by atoms with E-state index in [1.165, 1.54) is 0 Å². The summed E-state index contributed by atoms with van der Waals surface area (Å²) in [4.78, 5) is 0. The maximum absolute atomic E-state index is 9.41. The fourth-order valence-electron chi connectivity index (χ4n) is 1.92. The lowest BCUT2D eigenvalue weighted by Crippen LogP contribution is -2.10. The molecule has 2 aromatic carbocycles. The summed E-state index contributed by atoms with van der Waals surface area (Å²) >= 11 is 6.11. The largest absolute Gasteiger partial charge is 0.493 e. The highest BCUT2D eigenvalue weighted by Crippen LogP contribution is 2.30. The molecular formula is C16H15ClN2O. The third kappa shape index (κ3) is 3.23. The Hall–Kier alpha value is -2.18. The number of benzene rings is 2. The molecule has 0 saturated heterocycles. The number of ether oxygens (including phenoxy) is 1. The summed E-state index contributed by atoms with van der Waals surface area (Å²) in [6.07, 6.45) is 0. The van der Waals surface area contributed by atoms with E-state index >= 15 is 0 Å². The molecule has 1 unspecified atom stereocenters. The fraction of sp³-hybridized carbons (Fsp3) is 0.188. The van der Waals surface area contributed by atoms with Crippen LogP contribution in [0, 0.1) is 11.3 Å². The molecule has 0 aliphatic heterocycles. The maximum Gasteiger partial charge on any atom is 0.143 e. The molecule has 0 aliphatic carbocycles. The van der Waals surface area contributed by atoms with Crippen molar-refractivity contribution in [1.82, 2.24) is 0 Å². The van der Waals surface area contributed by atoms with Crippen LogP contribution in [0.25, 0.3) is 0 Å². The molecule has 0 radical (unpaired) electrons. The Kier molecular flexibility index (Phi) is 4.86. The van der Waals surface area contributed by atoms with E-state index in [9.17, 15) is 5.26 Å². The molecule has 1 N–H and O–H groups in total. The van der Waals surface area contributed by atoms with E-state index in [0.29, 0.717) is 17.4 Å². The van der Waals surface area contributed by atoms with E-state index in [4.69, 9.17) is 16.3 Å². The average molecular weight is 287 g/mol. The first kappa shape index (κ1) is 14.2. The van der Waals surface area contributed by atoms with Crippen molar-refractivity contribution in [2.24, 2.45) is 0 Å².